The highest BCUT2D eigenvalue weighted by atomic mass is 19.1. The van der Waals surface area contributed by atoms with Crippen molar-refractivity contribution >= 4 is 11.6 Å². The van der Waals surface area contributed by atoms with Gasteiger partial charge in [0.25, 0.3) is 5.91 Å². The van der Waals surface area contributed by atoms with Crippen LogP contribution in [-0.2, 0) is 16.8 Å². The van der Waals surface area contributed by atoms with Crippen LogP contribution in [0, 0.1) is 5.82 Å². The number of hydrogen-bond donors (Lipinski definition) is 1. The van der Waals surface area contributed by atoms with Crippen LogP contribution in [0.15, 0.2) is 60.8 Å². The molecule has 3 nitrogen and oxygen atoms in total. The van der Waals surface area contributed by atoms with Crippen LogP contribution in [-0.4, -0.2) is 10.5 Å². The smallest absolute Gasteiger partial charge is 0.255 e. The Balaban J connectivity index is 1.87. The second-order valence-corrected chi connectivity index (χ2v) is 6.10. The van der Waals surface area contributed by atoms with Crippen molar-refractivity contribution in [1.29, 1.82) is 0 Å². The first-order valence-corrected chi connectivity index (χ1v) is 7.58. The summed E-state index contributed by atoms with van der Waals surface area (Å²) in [4.78, 5) is 12.9. The first kappa shape index (κ1) is 12.6. The molecule has 2 aliphatic heterocycles. The molecule has 5 rings (SSSR count). The highest BCUT2D eigenvalue weighted by molar-refractivity contribution is 6.07. The van der Waals surface area contributed by atoms with Gasteiger partial charge < -0.3 is 9.88 Å². The lowest BCUT2D eigenvalue weighted by molar-refractivity contribution is -0.121. The number of carbonyl (C=O) groups excluding carboxylic acids is 1. The van der Waals surface area contributed by atoms with E-state index in [0.717, 1.165) is 16.8 Å². The Labute approximate surface area is 132 Å². The Hall–Kier alpha value is -2.88. The Kier molecular flexibility index (Phi) is 2.25. The third-order valence-electron chi connectivity index (χ3n) is 4.95. The van der Waals surface area contributed by atoms with Gasteiger partial charge in [-0.05, 0) is 35.9 Å². The molecule has 1 unspecified atom stereocenters. The maximum Gasteiger partial charge on any atom is 0.255 e. The van der Waals surface area contributed by atoms with Crippen LogP contribution in [0.2, 0.25) is 0 Å². The normalized spacial score (nSPS) is 20.8. The second-order valence-electron chi connectivity index (χ2n) is 6.10. The van der Waals surface area contributed by atoms with Crippen molar-refractivity contribution in [3.8, 4) is 11.3 Å². The summed E-state index contributed by atoms with van der Waals surface area (Å²) in [6.07, 6.45) is 2.43. The molecule has 2 aliphatic rings. The molecule has 3 aromatic rings. The molecule has 1 amide bonds. The molecule has 1 spiro atoms. The molecule has 0 radical (unpaired) electrons. The lowest BCUT2D eigenvalue weighted by atomic mass is 9.79. The first-order valence-electron chi connectivity index (χ1n) is 7.58. The SMILES string of the molecule is O=C1Nc2ccc(F)cc2C12Cc1ccccc1-c1cccn12. The Morgan fingerprint density at radius 3 is 2.87 bits per heavy atom. The highest BCUT2D eigenvalue weighted by Crippen LogP contribution is 2.48. The highest BCUT2D eigenvalue weighted by Gasteiger charge is 2.51. The van der Waals surface area contributed by atoms with Crippen LogP contribution < -0.4 is 5.32 Å². The minimum Gasteiger partial charge on any atom is -0.328 e. The maximum absolute atomic E-state index is 13.9. The lowest BCUT2D eigenvalue weighted by Gasteiger charge is -2.36. The number of rotatable bonds is 0. The summed E-state index contributed by atoms with van der Waals surface area (Å²) in [7, 11) is 0. The van der Waals surface area contributed by atoms with Crippen LogP contribution in [0.3, 0.4) is 0 Å². The zero-order chi connectivity index (χ0) is 15.6. The van der Waals surface area contributed by atoms with Crippen molar-refractivity contribution in [3.63, 3.8) is 0 Å². The molecule has 1 N–H and O–H groups in total. The molecular weight excluding hydrogens is 291 g/mol. The van der Waals surface area contributed by atoms with E-state index in [1.54, 1.807) is 6.07 Å². The number of halogens is 1. The van der Waals surface area contributed by atoms with Crippen LogP contribution in [0.5, 0.6) is 0 Å². The number of nitrogens with one attached hydrogen (secondary N) is 1. The monoisotopic (exact) mass is 304 g/mol. The molecule has 2 aromatic carbocycles. The summed E-state index contributed by atoms with van der Waals surface area (Å²) in [5.41, 5.74) is 3.70. The van der Waals surface area contributed by atoms with Gasteiger partial charge in [0, 0.05) is 35.1 Å². The van der Waals surface area contributed by atoms with E-state index in [-0.39, 0.29) is 11.7 Å². The Morgan fingerprint density at radius 1 is 1.09 bits per heavy atom. The fraction of sp³-hybridized carbons (Fsp3) is 0.105. The number of fused-ring (bicyclic) bond motifs is 6. The van der Waals surface area contributed by atoms with Crippen LogP contribution >= 0.6 is 0 Å². The van der Waals surface area contributed by atoms with Gasteiger partial charge in [0.2, 0.25) is 0 Å². The number of amides is 1. The van der Waals surface area contributed by atoms with E-state index in [1.165, 1.54) is 12.1 Å². The average molecular weight is 304 g/mol. The van der Waals surface area contributed by atoms with Crippen molar-refractivity contribution in [2.75, 3.05) is 5.32 Å². The van der Waals surface area contributed by atoms with Gasteiger partial charge in [-0.25, -0.2) is 4.39 Å². The molecule has 0 aliphatic carbocycles. The Bertz CT molecular complexity index is 975. The van der Waals surface area contributed by atoms with Gasteiger partial charge in [0.1, 0.15) is 5.82 Å². The van der Waals surface area contributed by atoms with Gasteiger partial charge in [-0.15, -0.1) is 0 Å². The lowest BCUT2D eigenvalue weighted by Crippen LogP contribution is -2.45. The van der Waals surface area contributed by atoms with Gasteiger partial charge in [0.05, 0.1) is 0 Å². The maximum atomic E-state index is 13.9. The van der Waals surface area contributed by atoms with Gasteiger partial charge >= 0.3 is 0 Å². The number of benzene rings is 2. The van der Waals surface area contributed by atoms with E-state index in [2.05, 4.69) is 11.4 Å². The summed E-state index contributed by atoms with van der Waals surface area (Å²) in [6.45, 7) is 0. The average Bonchev–Trinajstić information content (AvgIpc) is 3.14. The number of aromatic nitrogens is 1. The van der Waals surface area contributed by atoms with Crippen molar-refractivity contribution in [2.45, 2.75) is 12.0 Å². The van der Waals surface area contributed by atoms with E-state index in [9.17, 15) is 9.18 Å². The molecular formula is C19H13FN2O. The molecule has 1 aromatic heterocycles. The van der Waals surface area contributed by atoms with Crippen molar-refractivity contribution in [2.24, 2.45) is 0 Å². The van der Waals surface area contributed by atoms with Crippen molar-refractivity contribution < 1.29 is 9.18 Å². The van der Waals surface area contributed by atoms with Gasteiger partial charge in [-0.3, -0.25) is 4.79 Å². The van der Waals surface area contributed by atoms with E-state index in [4.69, 9.17) is 0 Å². The second kappa shape index (κ2) is 4.10. The van der Waals surface area contributed by atoms with Gasteiger partial charge in [-0.1, -0.05) is 24.3 Å². The van der Waals surface area contributed by atoms with Crippen LogP contribution in [0.4, 0.5) is 10.1 Å². The number of carbonyl (C=O) groups is 1. The van der Waals surface area contributed by atoms with Crippen LogP contribution in [0.25, 0.3) is 11.3 Å². The summed E-state index contributed by atoms with van der Waals surface area (Å²) in [5, 5.41) is 2.92. The standard InChI is InChI=1S/C19H13FN2O/c20-13-7-8-16-15(10-13)19(18(23)21-16)11-12-4-1-2-5-14(12)17-6-3-9-22(17)19/h1-10H,11H2,(H,21,23). The first-order chi connectivity index (χ1) is 11.2. The fourth-order valence-corrected chi connectivity index (χ4v) is 3.95. The number of nitrogens with zero attached hydrogens (tertiary/aromatic N) is 1. The minimum absolute atomic E-state index is 0.106. The quantitative estimate of drug-likeness (QED) is 0.677. The summed E-state index contributed by atoms with van der Waals surface area (Å²) >= 11 is 0. The topological polar surface area (TPSA) is 34.0 Å². The zero-order valence-corrected chi connectivity index (χ0v) is 12.2. The molecule has 0 saturated heterocycles. The Morgan fingerprint density at radius 2 is 1.96 bits per heavy atom. The summed E-state index contributed by atoms with van der Waals surface area (Å²) in [6, 6.07) is 16.5. The van der Waals surface area contributed by atoms with Crippen molar-refractivity contribution in [1.82, 2.24) is 4.57 Å². The molecule has 4 heteroatoms. The predicted molar refractivity (Wildman–Crippen MR) is 85.7 cm³/mol. The minimum atomic E-state index is -0.912. The zero-order valence-electron chi connectivity index (χ0n) is 12.2. The van der Waals surface area contributed by atoms with E-state index in [0.29, 0.717) is 17.7 Å². The van der Waals surface area contributed by atoms with E-state index in [1.807, 2.05) is 41.1 Å². The predicted octanol–water partition coefficient (Wildman–Crippen LogP) is 3.55. The van der Waals surface area contributed by atoms with Gasteiger partial charge in [0.15, 0.2) is 5.54 Å². The third kappa shape index (κ3) is 1.45. The van der Waals surface area contributed by atoms with E-state index < -0.39 is 5.54 Å². The van der Waals surface area contributed by atoms with Crippen molar-refractivity contribution in [3.05, 3.63) is 77.7 Å². The number of anilines is 1. The van der Waals surface area contributed by atoms with E-state index >= 15 is 0 Å². The molecule has 0 saturated carbocycles. The molecule has 112 valence electrons. The van der Waals surface area contributed by atoms with Crippen LogP contribution in [0.1, 0.15) is 11.1 Å². The van der Waals surface area contributed by atoms with Gasteiger partial charge in [-0.2, -0.15) is 0 Å². The molecule has 1 atom stereocenters. The third-order valence-corrected chi connectivity index (χ3v) is 4.95. The molecule has 3 heterocycles. The molecule has 0 fully saturated rings. The summed E-state index contributed by atoms with van der Waals surface area (Å²) in [5.74, 6) is -0.433. The molecule has 23 heavy (non-hydrogen) atoms. The summed E-state index contributed by atoms with van der Waals surface area (Å²) < 4.78 is 15.9. The fourth-order valence-electron chi connectivity index (χ4n) is 3.95. The largest absolute Gasteiger partial charge is 0.328 e. The molecule has 0 bridgehead atoms. The number of hydrogen-bond acceptors (Lipinski definition) is 1.